The number of aryl methyl sites for hydroxylation is 1. The summed E-state index contributed by atoms with van der Waals surface area (Å²) >= 11 is 1.79. The van der Waals surface area contributed by atoms with Gasteiger partial charge < -0.3 is 14.9 Å². The third kappa shape index (κ3) is 7.68. The molecule has 4 unspecified atom stereocenters. The fraction of sp³-hybridized carbons (Fsp3) is 0.556. The first-order chi connectivity index (χ1) is 21.0. The maximum Gasteiger partial charge on any atom is 0.303 e. The molecule has 2 saturated heterocycles. The van der Waals surface area contributed by atoms with Crippen molar-refractivity contribution in [1.29, 1.82) is 0 Å². The van der Waals surface area contributed by atoms with E-state index in [9.17, 15) is 9.90 Å². The first-order valence-corrected chi connectivity index (χ1v) is 17.4. The molecule has 43 heavy (non-hydrogen) atoms. The molecule has 7 heteroatoms. The fourth-order valence-corrected chi connectivity index (χ4v) is 9.02. The van der Waals surface area contributed by atoms with Crippen LogP contribution < -0.4 is 4.90 Å². The van der Waals surface area contributed by atoms with E-state index in [4.69, 9.17) is 4.98 Å². The van der Waals surface area contributed by atoms with E-state index in [1.165, 1.54) is 41.9 Å². The van der Waals surface area contributed by atoms with Crippen molar-refractivity contribution in [1.82, 2.24) is 14.8 Å². The predicted molar refractivity (Wildman–Crippen MR) is 176 cm³/mol. The molecule has 2 aliphatic heterocycles. The molecule has 230 valence electrons. The smallest absolute Gasteiger partial charge is 0.303 e. The number of nitrogens with zero attached hydrogens (tertiary/aromatic N) is 4. The average molecular weight is 601 g/mol. The summed E-state index contributed by atoms with van der Waals surface area (Å²) in [4.78, 5) is 24.6. The van der Waals surface area contributed by atoms with Gasteiger partial charge >= 0.3 is 5.97 Å². The molecule has 6 nitrogen and oxygen atoms in total. The molecule has 0 bridgehead atoms. The largest absolute Gasteiger partial charge is 0.481 e. The van der Waals surface area contributed by atoms with E-state index in [0.29, 0.717) is 30.3 Å². The third-order valence-corrected chi connectivity index (χ3v) is 11.3. The van der Waals surface area contributed by atoms with Gasteiger partial charge in [-0.3, -0.25) is 9.69 Å². The van der Waals surface area contributed by atoms with Crippen molar-refractivity contribution in [3.05, 3.63) is 82.9 Å². The highest BCUT2D eigenvalue weighted by atomic mass is 32.1. The third-order valence-electron chi connectivity index (χ3n) is 10.3. The second kappa shape index (κ2) is 14.4. The van der Waals surface area contributed by atoms with Crippen molar-refractivity contribution in [2.24, 2.45) is 11.8 Å². The predicted octanol–water partition coefficient (Wildman–Crippen LogP) is 6.71. The van der Waals surface area contributed by atoms with Crippen LogP contribution in [-0.4, -0.2) is 77.2 Å². The van der Waals surface area contributed by atoms with Gasteiger partial charge in [0, 0.05) is 69.1 Å². The zero-order valence-electron chi connectivity index (χ0n) is 25.7. The Hall–Kier alpha value is -2.74. The number of hydrogen-bond acceptors (Lipinski definition) is 6. The molecule has 1 aromatic heterocycles. The Balaban J connectivity index is 1.11. The summed E-state index contributed by atoms with van der Waals surface area (Å²) in [5, 5.41) is 13.0. The molecular formula is C36H48N4O2S. The van der Waals surface area contributed by atoms with Gasteiger partial charge in [-0.2, -0.15) is 0 Å². The number of aliphatic carboxylic acids is 1. The van der Waals surface area contributed by atoms with Crippen molar-refractivity contribution >= 4 is 22.4 Å². The van der Waals surface area contributed by atoms with E-state index in [0.717, 1.165) is 64.2 Å². The van der Waals surface area contributed by atoms with Gasteiger partial charge in [-0.1, -0.05) is 73.5 Å². The monoisotopic (exact) mass is 600 g/mol. The molecule has 0 amide bonds. The molecule has 3 fully saturated rings. The van der Waals surface area contributed by atoms with Crippen LogP contribution in [0.5, 0.6) is 0 Å². The van der Waals surface area contributed by atoms with Gasteiger partial charge in [-0.05, 0) is 62.0 Å². The van der Waals surface area contributed by atoms with Crippen molar-refractivity contribution in [2.75, 3.05) is 44.2 Å². The molecule has 0 radical (unpaired) electrons. The van der Waals surface area contributed by atoms with Gasteiger partial charge in [0.2, 0.25) is 0 Å². The summed E-state index contributed by atoms with van der Waals surface area (Å²) in [6.07, 6.45) is 8.30. The van der Waals surface area contributed by atoms with Crippen LogP contribution in [-0.2, 0) is 11.2 Å². The van der Waals surface area contributed by atoms with E-state index >= 15 is 0 Å². The van der Waals surface area contributed by atoms with Crippen molar-refractivity contribution in [3.63, 3.8) is 0 Å². The van der Waals surface area contributed by atoms with Crippen LogP contribution in [0.15, 0.2) is 66.0 Å². The van der Waals surface area contributed by atoms with Gasteiger partial charge in [-0.15, -0.1) is 11.3 Å². The highest BCUT2D eigenvalue weighted by Gasteiger charge is 2.41. The zero-order chi connectivity index (χ0) is 29.6. The molecule has 1 aliphatic carbocycles. The fourth-order valence-electron chi connectivity index (χ4n) is 8.12. The number of piperidine rings is 1. The molecule has 0 spiro atoms. The van der Waals surface area contributed by atoms with Crippen LogP contribution in [0, 0.1) is 18.8 Å². The Morgan fingerprint density at radius 3 is 2.37 bits per heavy atom. The second-order valence-electron chi connectivity index (χ2n) is 13.2. The standard InChI is InChI=1S/C36H48N4O2S/c1-27-26-43-36(37-27)40(21-16-28-10-4-2-5-11-28)32-17-19-38(20-18-32)23-31-24-39(25-33(31)29-12-6-3-7-13-29)34-15-9-8-14-30(34)22-35(41)42/h2-7,10-13,26,30-34H,8-9,14-25H2,1H3,(H,41,42). The number of carbonyl (C=O) groups is 1. The number of anilines is 1. The van der Waals surface area contributed by atoms with Crippen LogP contribution in [0.2, 0.25) is 0 Å². The number of carboxylic acids is 1. The summed E-state index contributed by atoms with van der Waals surface area (Å²) in [6.45, 7) is 8.63. The average Bonchev–Trinajstić information content (AvgIpc) is 3.65. The molecule has 2 aromatic carbocycles. The van der Waals surface area contributed by atoms with Gasteiger partial charge in [-0.25, -0.2) is 4.98 Å². The highest BCUT2D eigenvalue weighted by molar-refractivity contribution is 7.13. The molecule has 1 saturated carbocycles. The first-order valence-electron chi connectivity index (χ1n) is 16.5. The van der Waals surface area contributed by atoms with Crippen LogP contribution in [0.1, 0.15) is 67.7 Å². The second-order valence-corrected chi connectivity index (χ2v) is 14.0. The molecule has 3 heterocycles. The van der Waals surface area contributed by atoms with Crippen LogP contribution in [0.3, 0.4) is 0 Å². The molecule has 4 atom stereocenters. The van der Waals surface area contributed by atoms with E-state index in [1.807, 2.05) is 0 Å². The number of carboxylic acid groups (broad SMARTS) is 1. The molecular weight excluding hydrogens is 552 g/mol. The number of thiazole rings is 1. The SMILES string of the molecule is Cc1csc(N(CCc2ccccc2)C2CCN(CC3CN(C4CCCCC4CC(=O)O)CC3c3ccccc3)CC2)n1. The molecule has 3 aliphatic rings. The summed E-state index contributed by atoms with van der Waals surface area (Å²) < 4.78 is 0. The normalized spacial score (nSPS) is 25.6. The highest BCUT2D eigenvalue weighted by Crippen LogP contribution is 2.40. The maximum atomic E-state index is 11.7. The number of aromatic nitrogens is 1. The number of hydrogen-bond donors (Lipinski definition) is 1. The van der Waals surface area contributed by atoms with Gasteiger partial charge in [0.1, 0.15) is 0 Å². The van der Waals surface area contributed by atoms with Crippen molar-refractivity contribution in [2.45, 2.75) is 76.3 Å². The lowest BCUT2D eigenvalue weighted by Gasteiger charge is -2.40. The summed E-state index contributed by atoms with van der Waals surface area (Å²) in [6, 6.07) is 22.9. The Kier molecular flexibility index (Phi) is 10.1. The minimum atomic E-state index is -0.638. The van der Waals surface area contributed by atoms with E-state index < -0.39 is 5.97 Å². The number of likely N-dealkylation sites (tertiary alicyclic amines) is 2. The van der Waals surface area contributed by atoms with Crippen molar-refractivity contribution < 1.29 is 9.90 Å². The van der Waals surface area contributed by atoms with E-state index in [1.54, 1.807) is 11.3 Å². The lowest BCUT2D eigenvalue weighted by Crippen LogP contribution is -2.47. The molecule has 1 N–H and O–H groups in total. The summed E-state index contributed by atoms with van der Waals surface area (Å²) in [5.74, 6) is 0.725. The van der Waals surface area contributed by atoms with Gasteiger partial charge in [0.05, 0.1) is 5.69 Å². The summed E-state index contributed by atoms with van der Waals surface area (Å²) in [5.41, 5.74) is 3.95. The topological polar surface area (TPSA) is 59.9 Å². The maximum absolute atomic E-state index is 11.7. The van der Waals surface area contributed by atoms with Gasteiger partial charge in [0.15, 0.2) is 5.13 Å². The van der Waals surface area contributed by atoms with Crippen LogP contribution in [0.4, 0.5) is 5.13 Å². The first kappa shape index (κ1) is 30.3. The van der Waals surface area contributed by atoms with Crippen LogP contribution >= 0.6 is 11.3 Å². The molecule has 3 aromatic rings. The number of rotatable bonds is 11. The quantitative estimate of drug-likeness (QED) is 0.264. The van der Waals surface area contributed by atoms with E-state index in [-0.39, 0.29) is 5.92 Å². The Bertz CT molecular complexity index is 1290. The van der Waals surface area contributed by atoms with E-state index in [2.05, 4.69) is 87.7 Å². The summed E-state index contributed by atoms with van der Waals surface area (Å²) in [7, 11) is 0. The number of benzene rings is 2. The Morgan fingerprint density at radius 1 is 0.953 bits per heavy atom. The minimum absolute atomic E-state index is 0.286. The van der Waals surface area contributed by atoms with Gasteiger partial charge in [0.25, 0.3) is 0 Å². The zero-order valence-corrected chi connectivity index (χ0v) is 26.5. The Morgan fingerprint density at radius 2 is 1.67 bits per heavy atom. The van der Waals surface area contributed by atoms with Crippen LogP contribution in [0.25, 0.3) is 0 Å². The minimum Gasteiger partial charge on any atom is -0.481 e. The molecule has 6 rings (SSSR count). The Labute approximate surface area is 261 Å². The van der Waals surface area contributed by atoms with Crippen molar-refractivity contribution in [3.8, 4) is 0 Å². The lowest BCUT2D eigenvalue weighted by atomic mass is 9.81. The lowest BCUT2D eigenvalue weighted by molar-refractivity contribution is -0.139.